The Labute approximate surface area is 125 Å². The zero-order valence-electron chi connectivity index (χ0n) is 12.2. The molecule has 4 nitrogen and oxygen atoms in total. The topological polar surface area (TPSA) is 64.7 Å². The van der Waals surface area contributed by atoms with Crippen molar-refractivity contribution in [1.82, 2.24) is 0 Å². The number of aliphatic hydroxyl groups is 1. The Bertz CT molecular complexity index is 431. The van der Waals surface area contributed by atoms with E-state index in [-0.39, 0.29) is 23.9 Å². The summed E-state index contributed by atoms with van der Waals surface area (Å²) in [7, 11) is 2.90. The van der Waals surface area contributed by atoms with E-state index in [4.69, 9.17) is 15.2 Å². The van der Waals surface area contributed by atoms with Crippen molar-refractivity contribution in [2.45, 2.75) is 32.4 Å². The first kappa shape index (κ1) is 19.0. The molecule has 0 spiro atoms. The molecular weight excluding hydrogens is 285 g/mol. The molecule has 1 aromatic rings. The lowest BCUT2D eigenvalue weighted by molar-refractivity contribution is 0.0866. The summed E-state index contributed by atoms with van der Waals surface area (Å²) in [4.78, 5) is 0. The van der Waals surface area contributed by atoms with Gasteiger partial charge in [-0.1, -0.05) is 20.3 Å². The van der Waals surface area contributed by atoms with Crippen LogP contribution < -0.4 is 15.2 Å². The molecular formula is C14H23ClFNO3. The molecule has 0 aliphatic rings. The van der Waals surface area contributed by atoms with Crippen molar-refractivity contribution in [2.75, 3.05) is 14.2 Å². The van der Waals surface area contributed by atoms with Crippen LogP contribution in [0.4, 0.5) is 4.39 Å². The highest BCUT2D eigenvalue weighted by atomic mass is 35.5. The van der Waals surface area contributed by atoms with Gasteiger partial charge in [-0.15, -0.1) is 12.4 Å². The minimum absolute atomic E-state index is 0. The maximum Gasteiger partial charge on any atom is 0.163 e. The first-order valence-corrected chi connectivity index (χ1v) is 6.31. The van der Waals surface area contributed by atoms with E-state index in [9.17, 15) is 9.50 Å². The zero-order valence-corrected chi connectivity index (χ0v) is 13.0. The van der Waals surface area contributed by atoms with Crippen LogP contribution in [0.5, 0.6) is 11.5 Å². The van der Waals surface area contributed by atoms with Gasteiger partial charge in [0, 0.05) is 11.6 Å². The lowest BCUT2D eigenvalue weighted by Gasteiger charge is -2.25. The highest BCUT2D eigenvalue weighted by Crippen LogP contribution is 2.33. The Hall–Kier alpha value is -1.04. The number of benzene rings is 1. The molecule has 0 heterocycles. The van der Waals surface area contributed by atoms with Crippen LogP contribution in [0.1, 0.15) is 31.9 Å². The van der Waals surface area contributed by atoms with Crippen molar-refractivity contribution in [1.29, 1.82) is 0 Å². The van der Waals surface area contributed by atoms with E-state index in [2.05, 4.69) is 0 Å². The van der Waals surface area contributed by atoms with Gasteiger partial charge in [0.1, 0.15) is 5.82 Å². The maximum atomic E-state index is 14.0. The Morgan fingerprint density at radius 1 is 1.25 bits per heavy atom. The summed E-state index contributed by atoms with van der Waals surface area (Å²) in [6, 6.07) is 1.90. The van der Waals surface area contributed by atoms with E-state index < -0.39 is 18.0 Å². The van der Waals surface area contributed by atoms with Crippen molar-refractivity contribution in [2.24, 2.45) is 11.7 Å². The Morgan fingerprint density at radius 3 is 2.20 bits per heavy atom. The van der Waals surface area contributed by atoms with Gasteiger partial charge in [-0.05, 0) is 12.0 Å². The summed E-state index contributed by atoms with van der Waals surface area (Å²) in [6.45, 7) is 3.83. The number of nitrogens with two attached hydrogens (primary N) is 1. The summed E-state index contributed by atoms with van der Waals surface area (Å²) in [6.07, 6.45) is -0.0401. The fourth-order valence-electron chi connectivity index (χ4n) is 1.90. The highest BCUT2D eigenvalue weighted by molar-refractivity contribution is 5.85. The number of hydrogen-bond donors (Lipinski definition) is 2. The number of ether oxygens (including phenoxy) is 2. The highest BCUT2D eigenvalue weighted by Gasteiger charge is 2.25. The second-order valence-corrected chi connectivity index (χ2v) is 4.63. The van der Waals surface area contributed by atoms with Gasteiger partial charge < -0.3 is 20.3 Å². The van der Waals surface area contributed by atoms with Gasteiger partial charge >= 0.3 is 0 Å². The molecule has 0 aliphatic heterocycles. The second-order valence-electron chi connectivity index (χ2n) is 4.63. The van der Waals surface area contributed by atoms with Gasteiger partial charge in [-0.25, -0.2) is 4.39 Å². The molecule has 0 aromatic heterocycles. The van der Waals surface area contributed by atoms with Crippen LogP contribution in [0.2, 0.25) is 0 Å². The van der Waals surface area contributed by atoms with Crippen LogP contribution in [-0.4, -0.2) is 25.4 Å². The van der Waals surface area contributed by atoms with E-state index in [1.807, 2.05) is 13.8 Å². The van der Waals surface area contributed by atoms with Crippen LogP contribution in [0.3, 0.4) is 0 Å². The molecule has 0 bridgehead atoms. The molecule has 6 heteroatoms. The van der Waals surface area contributed by atoms with Gasteiger partial charge in [-0.2, -0.15) is 0 Å². The standard InChI is InChI=1S/C14H22FNO3.ClH/c1-5-8(2)14(17)13(16)9-6-11(18-3)12(19-4)7-10(9)15;/h6-8,13-14,17H,5,16H2,1-4H3;1H/t8?,13-,14+;/m1./s1. The number of methoxy groups -OCH3 is 2. The lowest BCUT2D eigenvalue weighted by atomic mass is 9.91. The molecule has 116 valence electrons. The van der Waals surface area contributed by atoms with E-state index in [0.717, 1.165) is 6.42 Å². The van der Waals surface area contributed by atoms with E-state index in [1.54, 1.807) is 0 Å². The third-order valence-electron chi connectivity index (χ3n) is 3.46. The van der Waals surface area contributed by atoms with Crippen LogP contribution in [0.15, 0.2) is 12.1 Å². The normalized spacial score (nSPS) is 14.9. The van der Waals surface area contributed by atoms with Crippen molar-refractivity contribution < 1.29 is 19.0 Å². The van der Waals surface area contributed by atoms with Crippen molar-refractivity contribution >= 4 is 12.4 Å². The first-order valence-electron chi connectivity index (χ1n) is 6.31. The van der Waals surface area contributed by atoms with Crippen LogP contribution in [0.25, 0.3) is 0 Å². The number of aliphatic hydroxyl groups excluding tert-OH is 1. The Morgan fingerprint density at radius 2 is 1.75 bits per heavy atom. The van der Waals surface area contributed by atoms with Gasteiger partial charge in [-0.3, -0.25) is 0 Å². The molecule has 3 atom stereocenters. The van der Waals surface area contributed by atoms with E-state index in [1.165, 1.54) is 26.4 Å². The summed E-state index contributed by atoms with van der Waals surface area (Å²) in [5, 5.41) is 10.1. The smallest absolute Gasteiger partial charge is 0.163 e. The fourth-order valence-corrected chi connectivity index (χ4v) is 1.90. The molecule has 20 heavy (non-hydrogen) atoms. The van der Waals surface area contributed by atoms with E-state index >= 15 is 0 Å². The number of halogens is 2. The third kappa shape index (κ3) is 3.98. The average Bonchev–Trinajstić information content (AvgIpc) is 2.44. The molecule has 0 saturated carbocycles. The van der Waals surface area contributed by atoms with Crippen LogP contribution in [-0.2, 0) is 0 Å². The Kier molecular flexibility index (Phi) is 7.86. The second kappa shape index (κ2) is 8.29. The summed E-state index contributed by atoms with van der Waals surface area (Å²) < 4.78 is 24.1. The molecule has 3 N–H and O–H groups in total. The van der Waals surface area contributed by atoms with Gasteiger partial charge in [0.25, 0.3) is 0 Å². The van der Waals surface area contributed by atoms with Crippen molar-refractivity contribution in [3.63, 3.8) is 0 Å². The third-order valence-corrected chi connectivity index (χ3v) is 3.46. The van der Waals surface area contributed by atoms with Crippen molar-refractivity contribution in [3.05, 3.63) is 23.5 Å². The molecule has 1 aromatic carbocycles. The molecule has 1 unspecified atom stereocenters. The molecule has 0 amide bonds. The zero-order chi connectivity index (χ0) is 14.6. The summed E-state index contributed by atoms with van der Waals surface area (Å²) >= 11 is 0. The minimum atomic E-state index is -0.808. The average molecular weight is 308 g/mol. The fraction of sp³-hybridized carbons (Fsp3) is 0.571. The monoisotopic (exact) mass is 307 g/mol. The number of hydrogen-bond acceptors (Lipinski definition) is 4. The van der Waals surface area contributed by atoms with Crippen LogP contribution >= 0.6 is 12.4 Å². The molecule has 0 fully saturated rings. The predicted molar refractivity (Wildman–Crippen MR) is 79.1 cm³/mol. The lowest BCUT2D eigenvalue weighted by Crippen LogP contribution is -2.32. The molecule has 1 rings (SSSR count). The quantitative estimate of drug-likeness (QED) is 0.848. The van der Waals surface area contributed by atoms with Gasteiger partial charge in [0.05, 0.1) is 26.4 Å². The number of rotatable bonds is 6. The summed E-state index contributed by atoms with van der Waals surface area (Å²) in [5.41, 5.74) is 6.17. The maximum absolute atomic E-state index is 14.0. The SMILES string of the molecule is CCC(C)[C@H](O)[C@H](N)c1cc(OC)c(OC)cc1F.Cl. The van der Waals surface area contributed by atoms with Gasteiger partial charge in [0.15, 0.2) is 11.5 Å². The first-order chi connectivity index (χ1) is 8.96. The van der Waals surface area contributed by atoms with Gasteiger partial charge in [0.2, 0.25) is 0 Å². The Balaban J connectivity index is 0.00000361. The molecule has 0 aliphatic carbocycles. The van der Waals surface area contributed by atoms with E-state index in [0.29, 0.717) is 11.5 Å². The minimum Gasteiger partial charge on any atom is -0.493 e. The molecule has 0 radical (unpaired) electrons. The summed E-state index contributed by atoms with van der Waals surface area (Å²) in [5.74, 6) is 0.176. The van der Waals surface area contributed by atoms with Crippen molar-refractivity contribution in [3.8, 4) is 11.5 Å². The predicted octanol–water partition coefficient (Wildman–Crippen LogP) is 2.67. The largest absolute Gasteiger partial charge is 0.493 e. The van der Waals surface area contributed by atoms with Crippen LogP contribution in [0, 0.1) is 11.7 Å². The molecule has 0 saturated heterocycles.